The zero-order chi connectivity index (χ0) is 25.3. The van der Waals surface area contributed by atoms with Gasteiger partial charge in [-0.3, -0.25) is 9.78 Å². The number of pyridine rings is 1. The van der Waals surface area contributed by atoms with Crippen molar-refractivity contribution in [3.05, 3.63) is 82.9 Å². The molecule has 0 amide bonds. The van der Waals surface area contributed by atoms with Crippen LogP contribution in [-0.2, 0) is 15.7 Å². The Balaban J connectivity index is 1.84. The van der Waals surface area contributed by atoms with Crippen molar-refractivity contribution >= 4 is 23.3 Å². The number of thiocarbonyl (C=S) groups is 1. The number of nitrogens with one attached hydrogen (secondary N) is 1. The molecule has 4 rings (SSSR count). The van der Waals surface area contributed by atoms with Gasteiger partial charge in [-0.15, -0.1) is 0 Å². The Hall–Kier alpha value is -3.40. The normalized spacial score (nSPS) is 18.0. The lowest BCUT2D eigenvalue weighted by Crippen LogP contribution is -2.32. The summed E-state index contributed by atoms with van der Waals surface area (Å²) >= 11 is 5.61. The number of carbonyl (C=O) groups excluding carboxylic acids is 1. The molecular weight excluding hydrogens is 477 g/mol. The highest BCUT2D eigenvalue weighted by Crippen LogP contribution is 2.42. The molecule has 2 atom stereocenters. The largest absolute Gasteiger partial charge is 0.469 e. The lowest BCUT2D eigenvalue weighted by Gasteiger charge is -2.28. The van der Waals surface area contributed by atoms with E-state index in [2.05, 4.69) is 10.3 Å². The molecule has 1 N–H and O–H groups in total. The summed E-state index contributed by atoms with van der Waals surface area (Å²) in [6.07, 6.45) is -2.71. The van der Waals surface area contributed by atoms with Crippen LogP contribution in [0.4, 0.5) is 13.2 Å². The van der Waals surface area contributed by atoms with Gasteiger partial charge in [0, 0.05) is 24.1 Å². The highest BCUT2D eigenvalue weighted by molar-refractivity contribution is 7.80. The first-order chi connectivity index (χ1) is 16.6. The van der Waals surface area contributed by atoms with Crippen molar-refractivity contribution in [2.24, 2.45) is 0 Å². The predicted octanol–water partition coefficient (Wildman–Crippen LogP) is 5.04. The molecule has 0 bridgehead atoms. The molecule has 1 aromatic carbocycles. The molecule has 35 heavy (non-hydrogen) atoms. The van der Waals surface area contributed by atoms with Crippen LogP contribution >= 0.6 is 12.2 Å². The van der Waals surface area contributed by atoms with Gasteiger partial charge in [0.1, 0.15) is 0 Å². The maximum Gasteiger partial charge on any atom is 0.418 e. The molecule has 3 heterocycles. The minimum Gasteiger partial charge on any atom is -0.469 e. The Morgan fingerprint density at radius 1 is 1.17 bits per heavy atom. The number of halogens is 3. The molecule has 0 aliphatic carbocycles. The lowest BCUT2D eigenvalue weighted by molar-refractivity contribution is -0.141. The molecule has 0 unspecified atom stereocenters. The molecule has 1 saturated heterocycles. The number of nitrogens with zero attached hydrogens (tertiary/aromatic N) is 3. The summed E-state index contributed by atoms with van der Waals surface area (Å²) in [5, 5.41) is 3.74. The van der Waals surface area contributed by atoms with Gasteiger partial charge in [-0.2, -0.15) is 13.2 Å². The number of alkyl halides is 3. The maximum absolute atomic E-state index is 13.8. The smallest absolute Gasteiger partial charge is 0.418 e. The fraction of sp³-hybridized carbons (Fsp3) is 0.320. The first-order valence-electron chi connectivity index (χ1n) is 11.0. The monoisotopic (exact) mass is 502 g/mol. The molecule has 0 spiro atoms. The summed E-state index contributed by atoms with van der Waals surface area (Å²) < 4.78 is 47.8. The first-order valence-corrected chi connectivity index (χ1v) is 11.4. The van der Waals surface area contributed by atoms with E-state index in [1.807, 2.05) is 23.1 Å². The van der Waals surface area contributed by atoms with E-state index in [1.165, 1.54) is 19.2 Å². The molecule has 1 fully saturated rings. The van der Waals surface area contributed by atoms with Crippen molar-refractivity contribution in [1.29, 1.82) is 0 Å². The van der Waals surface area contributed by atoms with E-state index in [0.29, 0.717) is 16.5 Å². The Morgan fingerprint density at radius 3 is 2.54 bits per heavy atom. The summed E-state index contributed by atoms with van der Waals surface area (Å²) in [4.78, 5) is 18.2. The second-order valence-corrected chi connectivity index (χ2v) is 8.71. The number of hydrogen-bond donors (Lipinski definition) is 1. The minimum atomic E-state index is -4.50. The van der Waals surface area contributed by atoms with Gasteiger partial charge in [0.2, 0.25) is 0 Å². The van der Waals surface area contributed by atoms with Gasteiger partial charge in [-0.05, 0) is 62.0 Å². The molecule has 1 aliphatic heterocycles. The average molecular weight is 503 g/mol. The molecule has 184 valence electrons. The molecule has 0 saturated carbocycles. The highest BCUT2D eigenvalue weighted by atomic mass is 32.1. The molecule has 10 heteroatoms. The number of ether oxygens (including phenoxy) is 1. The maximum atomic E-state index is 13.8. The SMILES string of the molecule is COC(=O)CCN1C(=S)N[C@H](c2ccccn2)[C@H]1c1cc(C)n(-c2ccccc2C(F)(F)F)c1C. The topological polar surface area (TPSA) is 59.4 Å². The Bertz CT molecular complexity index is 1240. The minimum absolute atomic E-state index is 0.0604. The van der Waals surface area contributed by atoms with Crippen molar-refractivity contribution in [3.63, 3.8) is 0 Å². The summed E-state index contributed by atoms with van der Waals surface area (Å²) in [7, 11) is 1.32. The lowest BCUT2D eigenvalue weighted by atomic mass is 9.96. The zero-order valence-corrected chi connectivity index (χ0v) is 20.3. The van der Waals surface area contributed by atoms with Crippen LogP contribution in [0.15, 0.2) is 54.7 Å². The Kier molecular flexibility index (Phi) is 6.84. The van der Waals surface area contributed by atoms with Crippen LogP contribution in [-0.4, -0.2) is 39.2 Å². The van der Waals surface area contributed by atoms with Crippen molar-refractivity contribution in [2.75, 3.05) is 13.7 Å². The van der Waals surface area contributed by atoms with Crippen molar-refractivity contribution in [1.82, 2.24) is 19.8 Å². The molecular formula is C25H25F3N4O2S. The van der Waals surface area contributed by atoms with Gasteiger partial charge in [0.25, 0.3) is 0 Å². The number of hydrogen-bond acceptors (Lipinski definition) is 4. The van der Waals surface area contributed by atoms with Gasteiger partial charge in [0.05, 0.1) is 42.6 Å². The van der Waals surface area contributed by atoms with Crippen LogP contribution in [0.5, 0.6) is 0 Å². The van der Waals surface area contributed by atoms with Gasteiger partial charge in [-0.1, -0.05) is 18.2 Å². The Labute approximate surface area is 206 Å². The highest BCUT2D eigenvalue weighted by Gasteiger charge is 2.42. The Morgan fingerprint density at radius 2 is 1.89 bits per heavy atom. The van der Waals surface area contributed by atoms with E-state index in [1.54, 1.807) is 36.7 Å². The average Bonchev–Trinajstić information content (AvgIpc) is 3.32. The predicted molar refractivity (Wildman–Crippen MR) is 129 cm³/mol. The summed E-state index contributed by atoms with van der Waals surface area (Å²) in [5.74, 6) is -0.377. The van der Waals surface area contributed by atoms with E-state index >= 15 is 0 Å². The zero-order valence-electron chi connectivity index (χ0n) is 19.5. The quantitative estimate of drug-likeness (QED) is 0.376. The summed E-state index contributed by atoms with van der Waals surface area (Å²) in [6.45, 7) is 3.86. The number of para-hydroxylation sites is 1. The second-order valence-electron chi connectivity index (χ2n) is 8.32. The second kappa shape index (κ2) is 9.69. The van der Waals surface area contributed by atoms with E-state index in [-0.39, 0.29) is 36.7 Å². The molecule has 1 aliphatic rings. The number of esters is 1. The molecule has 6 nitrogen and oxygen atoms in total. The third kappa shape index (κ3) is 4.75. The van der Waals surface area contributed by atoms with Crippen LogP contribution in [0.1, 0.15) is 46.7 Å². The van der Waals surface area contributed by atoms with Gasteiger partial charge in [-0.25, -0.2) is 0 Å². The van der Waals surface area contributed by atoms with Crippen LogP contribution in [0.2, 0.25) is 0 Å². The van der Waals surface area contributed by atoms with Crippen LogP contribution in [0.25, 0.3) is 5.69 Å². The van der Waals surface area contributed by atoms with Crippen LogP contribution in [0, 0.1) is 13.8 Å². The fourth-order valence-corrected chi connectivity index (χ4v) is 5.00. The third-order valence-corrected chi connectivity index (χ3v) is 6.57. The van der Waals surface area contributed by atoms with E-state index in [0.717, 1.165) is 17.3 Å². The van der Waals surface area contributed by atoms with Crippen LogP contribution < -0.4 is 5.32 Å². The van der Waals surface area contributed by atoms with Gasteiger partial charge >= 0.3 is 12.1 Å². The van der Waals surface area contributed by atoms with Gasteiger partial charge in [0.15, 0.2) is 5.11 Å². The number of methoxy groups -OCH3 is 1. The number of rotatable bonds is 6. The summed E-state index contributed by atoms with van der Waals surface area (Å²) in [6, 6.07) is 12.2. The molecule has 0 radical (unpaired) electrons. The summed E-state index contributed by atoms with van der Waals surface area (Å²) in [5.41, 5.74) is 2.19. The molecule has 3 aromatic rings. The van der Waals surface area contributed by atoms with Crippen LogP contribution in [0.3, 0.4) is 0 Å². The van der Waals surface area contributed by atoms with Crippen molar-refractivity contribution in [2.45, 2.75) is 38.5 Å². The number of aromatic nitrogens is 2. The first kappa shape index (κ1) is 24.7. The standard InChI is InChI=1S/C25H25F3N4O2S/c1-15-14-17(16(2)32(15)20-10-5-4-8-18(20)25(26,27)28)23-22(19-9-6-7-12-29-19)30-24(35)31(23)13-11-21(33)34-3/h4-10,12,14,22-23H,11,13H2,1-3H3,(H,30,35)/t22-,23-/m1/s1. The van der Waals surface area contributed by atoms with E-state index in [9.17, 15) is 18.0 Å². The van der Waals surface area contributed by atoms with Crippen molar-refractivity contribution in [3.8, 4) is 5.69 Å². The fourth-order valence-electron chi connectivity index (χ4n) is 4.66. The van der Waals surface area contributed by atoms with Gasteiger partial charge < -0.3 is 19.5 Å². The molecule has 2 aromatic heterocycles. The van der Waals surface area contributed by atoms with E-state index < -0.39 is 11.7 Å². The van der Waals surface area contributed by atoms with E-state index in [4.69, 9.17) is 17.0 Å². The third-order valence-electron chi connectivity index (χ3n) is 6.22. The number of aryl methyl sites for hydroxylation is 1. The number of carbonyl (C=O) groups is 1. The van der Waals surface area contributed by atoms with Crippen molar-refractivity contribution < 1.29 is 22.7 Å². The number of benzene rings is 1.